The van der Waals surface area contributed by atoms with Crippen molar-refractivity contribution in [2.45, 2.75) is 0 Å². The minimum atomic E-state index is -0.127. The van der Waals surface area contributed by atoms with E-state index < -0.39 is 0 Å². The fourth-order valence-corrected chi connectivity index (χ4v) is 3.39. The van der Waals surface area contributed by atoms with E-state index in [0.29, 0.717) is 17.2 Å². The summed E-state index contributed by atoms with van der Waals surface area (Å²) in [5, 5.41) is 21.8. The molecular formula is C20H25N7O2. The molecule has 4 N–H and O–H groups in total. The van der Waals surface area contributed by atoms with Crippen molar-refractivity contribution in [3.05, 3.63) is 48.0 Å². The SMILES string of the molecule is CN1CCN(c2nn3ccccc3c2/N=C2\C=C(OCCO)C(=N)C=C2N)CC1. The zero-order valence-electron chi connectivity index (χ0n) is 16.4. The normalized spacial score (nSPS) is 19.6. The van der Waals surface area contributed by atoms with Gasteiger partial charge in [-0.1, -0.05) is 6.07 Å². The van der Waals surface area contributed by atoms with Gasteiger partial charge in [-0.3, -0.25) is 5.41 Å². The molecule has 9 nitrogen and oxygen atoms in total. The van der Waals surface area contributed by atoms with Crippen LogP contribution in [0.3, 0.4) is 0 Å². The van der Waals surface area contributed by atoms with Crippen molar-refractivity contribution in [2.75, 3.05) is 51.3 Å². The smallest absolute Gasteiger partial charge is 0.177 e. The first-order chi connectivity index (χ1) is 14.1. The summed E-state index contributed by atoms with van der Waals surface area (Å²) in [4.78, 5) is 9.37. The lowest BCUT2D eigenvalue weighted by atomic mass is 10.1. The number of anilines is 1. The van der Waals surface area contributed by atoms with E-state index in [1.807, 2.05) is 28.9 Å². The van der Waals surface area contributed by atoms with E-state index in [0.717, 1.165) is 43.2 Å². The Morgan fingerprint density at radius 3 is 2.79 bits per heavy atom. The average Bonchev–Trinajstić information content (AvgIpc) is 3.08. The minimum Gasteiger partial charge on any atom is -0.489 e. The number of nitrogens with zero attached hydrogens (tertiary/aromatic N) is 5. The second-order valence-electron chi connectivity index (χ2n) is 7.08. The number of rotatable bonds is 5. The molecule has 152 valence electrons. The molecule has 2 aliphatic rings. The van der Waals surface area contributed by atoms with Crippen molar-refractivity contribution in [3.8, 4) is 0 Å². The van der Waals surface area contributed by atoms with Crippen LogP contribution in [0.2, 0.25) is 0 Å². The van der Waals surface area contributed by atoms with E-state index in [-0.39, 0.29) is 18.9 Å². The highest BCUT2D eigenvalue weighted by atomic mass is 16.5. The lowest BCUT2D eigenvalue weighted by Gasteiger charge is -2.32. The number of hydrogen-bond donors (Lipinski definition) is 3. The summed E-state index contributed by atoms with van der Waals surface area (Å²) in [7, 11) is 2.11. The lowest BCUT2D eigenvalue weighted by molar-refractivity contribution is 0.156. The molecule has 0 spiro atoms. The van der Waals surface area contributed by atoms with Gasteiger partial charge < -0.3 is 25.4 Å². The first-order valence-corrected chi connectivity index (χ1v) is 9.58. The number of nitrogens with two attached hydrogens (primary N) is 1. The summed E-state index contributed by atoms with van der Waals surface area (Å²) >= 11 is 0. The number of aliphatic hydroxyl groups is 1. The van der Waals surface area contributed by atoms with Crippen molar-refractivity contribution in [3.63, 3.8) is 0 Å². The molecule has 0 saturated carbocycles. The number of pyridine rings is 1. The van der Waals surface area contributed by atoms with Crippen LogP contribution in [0.25, 0.3) is 5.52 Å². The van der Waals surface area contributed by atoms with Crippen LogP contribution < -0.4 is 10.6 Å². The van der Waals surface area contributed by atoms with Crippen LogP contribution in [-0.4, -0.2) is 77.5 Å². The quantitative estimate of drug-likeness (QED) is 0.649. The van der Waals surface area contributed by atoms with Gasteiger partial charge in [-0.15, -0.1) is 5.10 Å². The Balaban J connectivity index is 1.78. The van der Waals surface area contributed by atoms with Crippen LogP contribution in [0.5, 0.6) is 0 Å². The third-order valence-corrected chi connectivity index (χ3v) is 5.01. The number of nitrogens with one attached hydrogen (secondary N) is 1. The molecule has 4 rings (SSSR count). The van der Waals surface area contributed by atoms with Crippen molar-refractivity contribution >= 4 is 28.4 Å². The number of aliphatic hydroxyl groups excluding tert-OH is 1. The largest absolute Gasteiger partial charge is 0.489 e. The number of aliphatic imine (C=N–C) groups is 1. The summed E-state index contributed by atoms with van der Waals surface area (Å²) < 4.78 is 7.28. The molecule has 1 aliphatic heterocycles. The van der Waals surface area contributed by atoms with Crippen LogP contribution in [0.1, 0.15) is 0 Å². The number of hydrogen-bond acceptors (Lipinski definition) is 8. The maximum absolute atomic E-state index is 9.01. The molecule has 0 amide bonds. The second-order valence-corrected chi connectivity index (χ2v) is 7.08. The van der Waals surface area contributed by atoms with Gasteiger partial charge in [0.25, 0.3) is 0 Å². The molecule has 0 aromatic carbocycles. The fourth-order valence-electron chi connectivity index (χ4n) is 3.39. The molecule has 1 aliphatic carbocycles. The second kappa shape index (κ2) is 8.06. The van der Waals surface area contributed by atoms with Gasteiger partial charge >= 0.3 is 0 Å². The van der Waals surface area contributed by atoms with Gasteiger partial charge in [0.05, 0.1) is 29.2 Å². The van der Waals surface area contributed by atoms with Crippen LogP contribution >= 0.6 is 0 Å². The van der Waals surface area contributed by atoms with E-state index in [4.69, 9.17) is 31.1 Å². The number of aromatic nitrogens is 2. The maximum atomic E-state index is 9.01. The molecule has 0 atom stereocenters. The van der Waals surface area contributed by atoms with Crippen molar-refractivity contribution in [1.82, 2.24) is 14.5 Å². The highest BCUT2D eigenvalue weighted by Gasteiger charge is 2.23. The van der Waals surface area contributed by atoms with Gasteiger partial charge in [0.2, 0.25) is 0 Å². The number of allylic oxidation sites excluding steroid dienone is 2. The van der Waals surface area contributed by atoms with E-state index in [9.17, 15) is 0 Å². The molecule has 0 radical (unpaired) electrons. The molecule has 2 aromatic heterocycles. The number of likely N-dealkylation sites (N-methyl/N-ethyl adjacent to an activating group) is 1. The van der Waals surface area contributed by atoms with Gasteiger partial charge in [-0.2, -0.15) is 0 Å². The summed E-state index contributed by atoms with van der Waals surface area (Å²) in [5.41, 5.74) is 8.86. The molecular weight excluding hydrogens is 370 g/mol. The summed E-state index contributed by atoms with van der Waals surface area (Å²) in [6.45, 7) is 3.64. The summed E-state index contributed by atoms with van der Waals surface area (Å²) in [6.07, 6.45) is 5.07. The van der Waals surface area contributed by atoms with Crippen molar-refractivity contribution in [2.24, 2.45) is 10.7 Å². The standard InChI is InChI=1S/C20H25N7O2/c1-25-6-8-26(9-7-25)20-19(17-4-2-3-5-27(17)24-20)23-16-13-18(29-11-10-28)15(22)12-14(16)21/h2-5,12-13,22,28H,6-11,21H2,1H3/b22-15?,23-16+. The zero-order chi connectivity index (χ0) is 20.4. The molecule has 29 heavy (non-hydrogen) atoms. The van der Waals surface area contributed by atoms with Crippen LogP contribution in [0.4, 0.5) is 11.5 Å². The van der Waals surface area contributed by atoms with Gasteiger partial charge in [0, 0.05) is 38.5 Å². The molecule has 1 saturated heterocycles. The van der Waals surface area contributed by atoms with Crippen molar-refractivity contribution < 1.29 is 9.84 Å². The summed E-state index contributed by atoms with van der Waals surface area (Å²) in [5.74, 6) is 1.15. The van der Waals surface area contributed by atoms with E-state index in [1.165, 1.54) is 6.08 Å². The maximum Gasteiger partial charge on any atom is 0.177 e. The number of fused-ring (bicyclic) bond motifs is 1. The van der Waals surface area contributed by atoms with Gasteiger partial charge in [0.15, 0.2) is 5.82 Å². The summed E-state index contributed by atoms with van der Waals surface area (Å²) in [6, 6.07) is 5.86. The number of piperazine rings is 1. The van der Waals surface area contributed by atoms with Crippen LogP contribution in [0, 0.1) is 5.41 Å². The van der Waals surface area contributed by atoms with Crippen molar-refractivity contribution in [1.29, 1.82) is 5.41 Å². The fraction of sp³-hybridized carbons (Fsp3) is 0.350. The monoisotopic (exact) mass is 395 g/mol. The lowest BCUT2D eigenvalue weighted by Crippen LogP contribution is -2.44. The molecule has 9 heteroatoms. The Kier molecular flexibility index (Phi) is 5.32. The highest BCUT2D eigenvalue weighted by molar-refractivity contribution is 6.22. The zero-order valence-corrected chi connectivity index (χ0v) is 16.4. The van der Waals surface area contributed by atoms with Crippen LogP contribution in [0.15, 0.2) is 53.0 Å². The predicted octanol–water partition coefficient (Wildman–Crippen LogP) is 0.927. The van der Waals surface area contributed by atoms with Gasteiger partial charge in [-0.25, -0.2) is 9.51 Å². The van der Waals surface area contributed by atoms with Crippen LogP contribution in [-0.2, 0) is 4.74 Å². The molecule has 0 unspecified atom stereocenters. The first-order valence-electron chi connectivity index (χ1n) is 9.58. The Labute approximate surface area is 168 Å². The molecule has 3 heterocycles. The van der Waals surface area contributed by atoms with E-state index in [2.05, 4.69) is 16.8 Å². The molecule has 2 aromatic rings. The molecule has 1 fully saturated rings. The Morgan fingerprint density at radius 1 is 1.24 bits per heavy atom. The van der Waals surface area contributed by atoms with E-state index in [1.54, 1.807) is 6.08 Å². The topological polar surface area (TPSA) is 115 Å². The third kappa shape index (κ3) is 3.87. The average molecular weight is 395 g/mol. The Hall–Kier alpha value is -3.17. The van der Waals surface area contributed by atoms with Gasteiger partial charge in [0.1, 0.15) is 18.1 Å². The van der Waals surface area contributed by atoms with Gasteiger partial charge in [-0.05, 0) is 25.3 Å². The molecule has 0 bridgehead atoms. The minimum absolute atomic E-state index is 0.110. The highest BCUT2D eigenvalue weighted by Crippen LogP contribution is 2.34. The number of ether oxygens (including phenoxy) is 1. The van der Waals surface area contributed by atoms with E-state index >= 15 is 0 Å². The Morgan fingerprint density at radius 2 is 2.03 bits per heavy atom. The Bertz CT molecular complexity index is 1010. The predicted molar refractivity (Wildman–Crippen MR) is 113 cm³/mol. The first kappa shape index (κ1) is 19.2. The third-order valence-electron chi connectivity index (χ3n) is 5.01.